The number of benzene rings is 2. The number of nitrogen functional groups attached to an aromatic ring is 1. The second-order valence-corrected chi connectivity index (χ2v) is 5.58. The van der Waals surface area contributed by atoms with Gasteiger partial charge in [-0.15, -0.1) is 0 Å². The van der Waals surface area contributed by atoms with Crippen LogP contribution in [0.5, 0.6) is 0 Å². The van der Waals surface area contributed by atoms with Gasteiger partial charge < -0.3 is 11.1 Å². The van der Waals surface area contributed by atoms with Gasteiger partial charge in [-0.1, -0.05) is 24.3 Å². The van der Waals surface area contributed by atoms with Crippen LogP contribution in [0.3, 0.4) is 0 Å². The van der Waals surface area contributed by atoms with Crippen molar-refractivity contribution in [1.29, 1.82) is 0 Å². The van der Waals surface area contributed by atoms with Crippen LogP contribution in [0.2, 0.25) is 0 Å². The number of hydrogen-bond acceptors (Lipinski definition) is 2. The van der Waals surface area contributed by atoms with Crippen LogP contribution in [0.25, 0.3) is 0 Å². The van der Waals surface area contributed by atoms with Crippen molar-refractivity contribution < 1.29 is 0 Å². The summed E-state index contributed by atoms with van der Waals surface area (Å²) in [7, 11) is 0. The molecule has 2 aromatic carbocycles. The molecule has 0 saturated carbocycles. The van der Waals surface area contributed by atoms with E-state index in [-0.39, 0.29) is 0 Å². The van der Waals surface area contributed by atoms with Gasteiger partial charge in [0.2, 0.25) is 0 Å². The molecule has 20 heavy (non-hydrogen) atoms. The fourth-order valence-corrected chi connectivity index (χ4v) is 2.54. The summed E-state index contributed by atoms with van der Waals surface area (Å²) in [6.07, 6.45) is 1.01. The van der Waals surface area contributed by atoms with E-state index in [1.54, 1.807) is 0 Å². The Morgan fingerprint density at radius 2 is 1.60 bits per heavy atom. The first-order valence-electron chi connectivity index (χ1n) is 7.14. The van der Waals surface area contributed by atoms with Gasteiger partial charge in [0.05, 0.1) is 11.4 Å². The quantitative estimate of drug-likeness (QED) is 0.817. The van der Waals surface area contributed by atoms with Crippen molar-refractivity contribution in [3.63, 3.8) is 0 Å². The van der Waals surface area contributed by atoms with Crippen molar-refractivity contribution in [3.05, 3.63) is 58.1 Å². The van der Waals surface area contributed by atoms with E-state index in [0.29, 0.717) is 0 Å². The molecular weight excluding hydrogens is 244 g/mol. The maximum Gasteiger partial charge on any atom is 0.0603 e. The normalized spacial score (nSPS) is 10.6. The van der Waals surface area contributed by atoms with Gasteiger partial charge >= 0.3 is 0 Å². The Morgan fingerprint density at radius 3 is 2.30 bits per heavy atom. The van der Waals surface area contributed by atoms with Crippen LogP contribution in [0.4, 0.5) is 11.4 Å². The predicted octanol–water partition coefficient (Wildman–Crippen LogP) is 4.16. The Balaban J connectivity index is 2.05. The molecule has 2 nitrogen and oxygen atoms in total. The van der Waals surface area contributed by atoms with Crippen LogP contribution in [-0.2, 0) is 6.42 Å². The predicted molar refractivity (Wildman–Crippen MR) is 88.4 cm³/mol. The standard InChI is InChI=1S/C18H24N2/c1-12-6-5-7-17(19)18(12)20-9-8-16-11-14(3)13(2)10-15(16)4/h5-7,10-11,20H,8-9,19H2,1-4H3. The molecule has 106 valence electrons. The molecule has 0 aliphatic carbocycles. The summed E-state index contributed by atoms with van der Waals surface area (Å²) in [4.78, 5) is 0. The number of aryl methyl sites for hydroxylation is 4. The van der Waals surface area contributed by atoms with E-state index in [1.165, 1.54) is 27.8 Å². The third-order valence-electron chi connectivity index (χ3n) is 3.95. The zero-order valence-corrected chi connectivity index (χ0v) is 12.9. The van der Waals surface area contributed by atoms with Gasteiger partial charge in [-0.2, -0.15) is 0 Å². The van der Waals surface area contributed by atoms with Crippen LogP contribution in [0.1, 0.15) is 27.8 Å². The van der Waals surface area contributed by atoms with Gasteiger partial charge in [0.1, 0.15) is 0 Å². The largest absolute Gasteiger partial charge is 0.397 e. The van der Waals surface area contributed by atoms with Crippen LogP contribution in [-0.4, -0.2) is 6.54 Å². The molecule has 3 N–H and O–H groups in total. The first-order chi connectivity index (χ1) is 9.49. The molecule has 0 aromatic heterocycles. The molecule has 0 heterocycles. The average molecular weight is 268 g/mol. The van der Waals surface area contributed by atoms with E-state index in [9.17, 15) is 0 Å². The zero-order chi connectivity index (χ0) is 14.7. The number of nitrogens with two attached hydrogens (primary N) is 1. The molecule has 0 fully saturated rings. The van der Waals surface area contributed by atoms with Gasteiger partial charge in [0.15, 0.2) is 0 Å². The molecule has 0 aliphatic rings. The fourth-order valence-electron chi connectivity index (χ4n) is 2.54. The van der Waals surface area contributed by atoms with E-state index in [4.69, 9.17) is 5.73 Å². The molecular formula is C18H24N2. The van der Waals surface area contributed by atoms with Crippen molar-refractivity contribution in [2.75, 3.05) is 17.6 Å². The summed E-state index contributed by atoms with van der Waals surface area (Å²) < 4.78 is 0. The number of hydrogen-bond donors (Lipinski definition) is 2. The second-order valence-electron chi connectivity index (χ2n) is 5.58. The van der Waals surface area contributed by atoms with Crippen molar-refractivity contribution in [1.82, 2.24) is 0 Å². The summed E-state index contributed by atoms with van der Waals surface area (Å²) in [5, 5.41) is 3.47. The lowest BCUT2D eigenvalue weighted by atomic mass is 9.99. The lowest BCUT2D eigenvalue weighted by Gasteiger charge is -2.14. The van der Waals surface area contributed by atoms with Crippen molar-refractivity contribution >= 4 is 11.4 Å². The highest BCUT2D eigenvalue weighted by Crippen LogP contribution is 2.22. The molecule has 2 aromatic rings. The summed E-state index contributed by atoms with van der Waals surface area (Å²) in [5.74, 6) is 0. The van der Waals surface area contributed by atoms with E-state index in [2.05, 4.69) is 51.2 Å². The van der Waals surface area contributed by atoms with E-state index >= 15 is 0 Å². The van der Waals surface area contributed by atoms with Gasteiger partial charge in [0.25, 0.3) is 0 Å². The minimum Gasteiger partial charge on any atom is -0.397 e. The van der Waals surface area contributed by atoms with Crippen LogP contribution >= 0.6 is 0 Å². The van der Waals surface area contributed by atoms with Crippen LogP contribution < -0.4 is 11.1 Å². The highest BCUT2D eigenvalue weighted by molar-refractivity contribution is 5.69. The SMILES string of the molecule is Cc1cc(C)c(CCNc2c(C)cccc2N)cc1C. The highest BCUT2D eigenvalue weighted by atomic mass is 14.9. The highest BCUT2D eigenvalue weighted by Gasteiger charge is 2.04. The number of anilines is 2. The minimum absolute atomic E-state index is 0.821. The fraction of sp³-hybridized carbons (Fsp3) is 0.333. The molecule has 0 saturated heterocycles. The third kappa shape index (κ3) is 3.13. The number of rotatable bonds is 4. The molecule has 0 unspecified atom stereocenters. The zero-order valence-electron chi connectivity index (χ0n) is 12.9. The Bertz CT molecular complexity index is 595. The monoisotopic (exact) mass is 268 g/mol. The number of para-hydroxylation sites is 1. The van der Waals surface area contributed by atoms with Crippen molar-refractivity contribution in [3.8, 4) is 0 Å². The molecule has 0 radical (unpaired) electrons. The lowest BCUT2D eigenvalue weighted by Crippen LogP contribution is -2.09. The van der Waals surface area contributed by atoms with E-state index in [0.717, 1.165) is 24.3 Å². The lowest BCUT2D eigenvalue weighted by molar-refractivity contribution is 0.996. The van der Waals surface area contributed by atoms with Crippen LogP contribution in [0.15, 0.2) is 30.3 Å². The van der Waals surface area contributed by atoms with Gasteiger partial charge in [0, 0.05) is 6.54 Å². The molecule has 0 atom stereocenters. The molecule has 0 amide bonds. The summed E-state index contributed by atoms with van der Waals surface area (Å²) in [5.41, 5.74) is 14.6. The van der Waals surface area contributed by atoms with E-state index in [1.807, 2.05) is 12.1 Å². The second kappa shape index (κ2) is 6.00. The first kappa shape index (κ1) is 14.4. The maximum absolute atomic E-state index is 6.01. The van der Waals surface area contributed by atoms with Crippen molar-refractivity contribution in [2.24, 2.45) is 0 Å². The van der Waals surface area contributed by atoms with Gasteiger partial charge in [-0.05, 0) is 68.0 Å². The molecule has 0 spiro atoms. The average Bonchev–Trinajstić information content (AvgIpc) is 2.39. The molecule has 2 rings (SSSR count). The topological polar surface area (TPSA) is 38.0 Å². The Hall–Kier alpha value is -1.96. The molecule has 2 heteroatoms. The van der Waals surface area contributed by atoms with Crippen LogP contribution in [0, 0.1) is 27.7 Å². The Kier molecular flexibility index (Phi) is 4.33. The maximum atomic E-state index is 6.01. The smallest absolute Gasteiger partial charge is 0.0603 e. The third-order valence-corrected chi connectivity index (χ3v) is 3.95. The van der Waals surface area contributed by atoms with Gasteiger partial charge in [-0.25, -0.2) is 0 Å². The molecule has 0 aliphatic heterocycles. The Morgan fingerprint density at radius 1 is 0.900 bits per heavy atom. The Labute approximate surface area is 122 Å². The first-order valence-corrected chi connectivity index (χ1v) is 7.14. The number of nitrogens with one attached hydrogen (secondary N) is 1. The molecule has 0 bridgehead atoms. The van der Waals surface area contributed by atoms with Gasteiger partial charge in [-0.3, -0.25) is 0 Å². The minimum atomic E-state index is 0.821. The summed E-state index contributed by atoms with van der Waals surface area (Å²) >= 11 is 0. The van der Waals surface area contributed by atoms with Crippen molar-refractivity contribution in [2.45, 2.75) is 34.1 Å². The van der Waals surface area contributed by atoms with E-state index < -0.39 is 0 Å². The summed E-state index contributed by atoms with van der Waals surface area (Å²) in [6.45, 7) is 9.51. The summed E-state index contributed by atoms with van der Waals surface area (Å²) in [6, 6.07) is 10.6.